The van der Waals surface area contributed by atoms with E-state index in [4.69, 9.17) is 11.6 Å². The van der Waals surface area contributed by atoms with Gasteiger partial charge in [-0.3, -0.25) is 0 Å². The Hall–Kier alpha value is -1.35. The van der Waals surface area contributed by atoms with Gasteiger partial charge in [0.25, 0.3) is 0 Å². The van der Waals surface area contributed by atoms with Crippen LogP contribution in [0.25, 0.3) is 0 Å². The fourth-order valence-electron chi connectivity index (χ4n) is 1.57. The van der Waals surface area contributed by atoms with Crippen LogP contribution in [-0.2, 0) is 6.54 Å². The number of alkyl halides is 1. The molecule has 0 aliphatic carbocycles. The molecule has 1 aromatic heterocycles. The molecule has 2 aromatic rings. The molecule has 0 aliphatic heterocycles. The lowest BCUT2D eigenvalue weighted by Gasteiger charge is -2.01. The zero-order chi connectivity index (χ0) is 11.5. The molecule has 4 heteroatoms. The number of benzene rings is 1. The topological polar surface area (TPSA) is 30.7 Å². The molecule has 0 N–H and O–H groups in total. The number of hydrogen-bond donors (Lipinski definition) is 0. The minimum Gasteiger partial charge on any atom is -0.248 e. The Morgan fingerprint density at radius 3 is 2.88 bits per heavy atom. The van der Waals surface area contributed by atoms with Crippen molar-refractivity contribution in [2.24, 2.45) is 0 Å². The van der Waals surface area contributed by atoms with Gasteiger partial charge in [0.05, 0.1) is 18.1 Å². The number of hydrogen-bond acceptors (Lipinski definition) is 2. The third-order valence-corrected chi connectivity index (χ3v) is 2.61. The van der Waals surface area contributed by atoms with E-state index in [2.05, 4.69) is 35.4 Å². The quantitative estimate of drug-likeness (QED) is 0.766. The highest BCUT2D eigenvalue weighted by atomic mass is 35.5. The fourth-order valence-corrected chi connectivity index (χ4v) is 1.67. The first-order valence-electron chi connectivity index (χ1n) is 5.25. The van der Waals surface area contributed by atoms with Gasteiger partial charge in [-0.1, -0.05) is 35.0 Å². The summed E-state index contributed by atoms with van der Waals surface area (Å²) in [6.45, 7) is 4.71. The van der Waals surface area contributed by atoms with E-state index in [9.17, 15) is 0 Å². The summed E-state index contributed by atoms with van der Waals surface area (Å²) in [5.41, 5.74) is 3.29. The number of rotatable bonds is 3. The molecule has 0 spiro atoms. The molecule has 1 unspecified atom stereocenters. The van der Waals surface area contributed by atoms with Crippen LogP contribution in [0.4, 0.5) is 0 Å². The van der Waals surface area contributed by atoms with Crippen molar-refractivity contribution in [3.8, 4) is 0 Å². The van der Waals surface area contributed by atoms with E-state index in [1.807, 2.05) is 23.9 Å². The van der Waals surface area contributed by atoms with Crippen LogP contribution >= 0.6 is 11.6 Å². The predicted molar refractivity (Wildman–Crippen MR) is 64.6 cm³/mol. The molecular weight excluding hydrogens is 222 g/mol. The first-order chi connectivity index (χ1) is 7.65. The first kappa shape index (κ1) is 11.1. The van der Waals surface area contributed by atoms with Gasteiger partial charge in [0.1, 0.15) is 5.69 Å². The maximum absolute atomic E-state index is 5.93. The Bertz CT molecular complexity index is 477. The normalized spacial score (nSPS) is 12.7. The van der Waals surface area contributed by atoms with Crippen LogP contribution in [0, 0.1) is 6.92 Å². The number of nitrogens with zero attached hydrogens (tertiary/aromatic N) is 3. The van der Waals surface area contributed by atoms with E-state index in [1.165, 1.54) is 11.1 Å². The van der Waals surface area contributed by atoms with Crippen LogP contribution in [0.15, 0.2) is 30.5 Å². The highest BCUT2D eigenvalue weighted by molar-refractivity contribution is 6.20. The molecule has 1 aromatic carbocycles. The summed E-state index contributed by atoms with van der Waals surface area (Å²) in [4.78, 5) is 0. The SMILES string of the molecule is Cc1cccc(Cn2cc(C(C)Cl)nn2)c1. The van der Waals surface area contributed by atoms with Crippen molar-refractivity contribution in [1.29, 1.82) is 0 Å². The summed E-state index contributed by atoms with van der Waals surface area (Å²) >= 11 is 5.93. The van der Waals surface area contributed by atoms with Crippen LogP contribution in [0.5, 0.6) is 0 Å². The van der Waals surface area contributed by atoms with Gasteiger partial charge in [-0.05, 0) is 19.4 Å². The summed E-state index contributed by atoms with van der Waals surface area (Å²) in [6.07, 6.45) is 1.89. The molecular formula is C12H14ClN3. The number of halogens is 1. The lowest BCUT2D eigenvalue weighted by molar-refractivity contribution is 0.649. The zero-order valence-electron chi connectivity index (χ0n) is 9.39. The molecule has 84 valence electrons. The average molecular weight is 236 g/mol. The Labute approximate surface area is 100 Å². The standard InChI is InChI=1S/C12H14ClN3/c1-9-4-3-5-11(6-9)7-16-8-12(10(2)13)14-15-16/h3-6,8,10H,7H2,1-2H3. The van der Waals surface area contributed by atoms with Gasteiger partial charge in [-0.25, -0.2) is 4.68 Å². The minimum absolute atomic E-state index is 0.0914. The second-order valence-corrected chi connectivity index (χ2v) is 4.60. The third-order valence-electron chi connectivity index (χ3n) is 2.39. The molecule has 16 heavy (non-hydrogen) atoms. The lowest BCUT2D eigenvalue weighted by atomic mass is 10.1. The highest BCUT2D eigenvalue weighted by Crippen LogP contribution is 2.15. The number of aromatic nitrogens is 3. The van der Waals surface area contributed by atoms with E-state index in [0.717, 1.165) is 12.2 Å². The molecule has 3 nitrogen and oxygen atoms in total. The summed E-state index contributed by atoms with van der Waals surface area (Å²) in [7, 11) is 0. The fraction of sp³-hybridized carbons (Fsp3) is 0.333. The molecule has 1 heterocycles. The smallest absolute Gasteiger partial charge is 0.100 e. The van der Waals surface area contributed by atoms with Gasteiger partial charge in [0, 0.05) is 0 Å². The Morgan fingerprint density at radius 1 is 1.44 bits per heavy atom. The van der Waals surface area contributed by atoms with E-state index >= 15 is 0 Å². The van der Waals surface area contributed by atoms with E-state index < -0.39 is 0 Å². The van der Waals surface area contributed by atoms with Crippen molar-refractivity contribution in [1.82, 2.24) is 15.0 Å². The lowest BCUT2D eigenvalue weighted by Crippen LogP contribution is -2.00. The summed E-state index contributed by atoms with van der Waals surface area (Å²) in [5, 5.41) is 7.97. The van der Waals surface area contributed by atoms with Gasteiger partial charge in [0.15, 0.2) is 0 Å². The van der Waals surface area contributed by atoms with Gasteiger partial charge >= 0.3 is 0 Å². The molecule has 1 atom stereocenters. The number of aryl methyl sites for hydroxylation is 1. The van der Waals surface area contributed by atoms with Crippen LogP contribution in [0.2, 0.25) is 0 Å². The van der Waals surface area contributed by atoms with E-state index in [1.54, 1.807) is 0 Å². The molecule has 0 fully saturated rings. The Balaban J connectivity index is 2.14. The summed E-state index contributed by atoms with van der Waals surface area (Å²) in [6, 6.07) is 8.35. The predicted octanol–water partition coefficient (Wildman–Crippen LogP) is 2.93. The monoisotopic (exact) mass is 235 g/mol. The average Bonchev–Trinajstić information content (AvgIpc) is 2.66. The van der Waals surface area contributed by atoms with Gasteiger partial charge in [-0.2, -0.15) is 0 Å². The van der Waals surface area contributed by atoms with Gasteiger partial charge < -0.3 is 0 Å². The van der Waals surface area contributed by atoms with Crippen LogP contribution < -0.4 is 0 Å². The van der Waals surface area contributed by atoms with Crippen molar-refractivity contribution >= 4 is 11.6 Å². The molecule has 2 rings (SSSR count). The van der Waals surface area contributed by atoms with Crippen LogP contribution in [0.3, 0.4) is 0 Å². The molecule has 0 saturated heterocycles. The van der Waals surface area contributed by atoms with Crippen molar-refractivity contribution in [2.45, 2.75) is 25.8 Å². The molecule has 0 bridgehead atoms. The highest BCUT2D eigenvalue weighted by Gasteiger charge is 2.06. The minimum atomic E-state index is -0.0914. The third kappa shape index (κ3) is 2.61. The maximum atomic E-state index is 5.93. The second kappa shape index (κ2) is 4.66. The van der Waals surface area contributed by atoms with Crippen molar-refractivity contribution in [3.05, 3.63) is 47.3 Å². The van der Waals surface area contributed by atoms with Gasteiger partial charge in [0.2, 0.25) is 0 Å². The van der Waals surface area contributed by atoms with Crippen LogP contribution in [0.1, 0.15) is 29.1 Å². The molecule has 0 radical (unpaired) electrons. The largest absolute Gasteiger partial charge is 0.248 e. The zero-order valence-corrected chi connectivity index (χ0v) is 10.1. The Morgan fingerprint density at radius 2 is 2.25 bits per heavy atom. The summed E-state index contributed by atoms with van der Waals surface area (Å²) < 4.78 is 1.81. The van der Waals surface area contributed by atoms with Crippen molar-refractivity contribution in [2.75, 3.05) is 0 Å². The van der Waals surface area contributed by atoms with Gasteiger partial charge in [-0.15, -0.1) is 16.7 Å². The van der Waals surface area contributed by atoms with Crippen LogP contribution in [-0.4, -0.2) is 15.0 Å². The van der Waals surface area contributed by atoms with Crippen molar-refractivity contribution < 1.29 is 0 Å². The van der Waals surface area contributed by atoms with Crippen molar-refractivity contribution in [3.63, 3.8) is 0 Å². The maximum Gasteiger partial charge on any atom is 0.100 e. The second-order valence-electron chi connectivity index (χ2n) is 3.95. The molecule has 0 amide bonds. The molecule has 0 saturated carbocycles. The first-order valence-corrected chi connectivity index (χ1v) is 5.68. The molecule has 0 aliphatic rings. The Kier molecular flexibility index (Phi) is 3.25. The van der Waals surface area contributed by atoms with E-state index in [-0.39, 0.29) is 5.38 Å². The summed E-state index contributed by atoms with van der Waals surface area (Å²) in [5.74, 6) is 0. The van der Waals surface area contributed by atoms with E-state index in [0.29, 0.717) is 0 Å².